The van der Waals surface area contributed by atoms with Crippen molar-refractivity contribution in [3.8, 4) is 11.3 Å². The summed E-state index contributed by atoms with van der Waals surface area (Å²) in [6.07, 6.45) is 1.80. The molecule has 0 N–H and O–H groups in total. The van der Waals surface area contributed by atoms with Gasteiger partial charge in [0.15, 0.2) is 0 Å². The van der Waals surface area contributed by atoms with Crippen molar-refractivity contribution in [2.45, 2.75) is 0 Å². The number of aromatic nitrogens is 3. The highest BCUT2D eigenvalue weighted by Crippen LogP contribution is 2.28. The Balaban J connectivity index is 1.49. The fraction of sp³-hybridized carbons (Fsp3) is 0.167. The number of piperazine rings is 1. The molecule has 0 spiro atoms. The van der Waals surface area contributed by atoms with Gasteiger partial charge in [0.25, 0.3) is 5.91 Å². The molecule has 1 saturated heterocycles. The first-order chi connectivity index (χ1) is 14.8. The molecule has 0 unspecified atom stereocenters. The third-order valence-electron chi connectivity index (χ3n) is 5.47. The summed E-state index contributed by atoms with van der Waals surface area (Å²) >= 11 is 0. The van der Waals surface area contributed by atoms with Crippen LogP contribution >= 0.6 is 0 Å². The molecule has 0 bridgehead atoms. The van der Waals surface area contributed by atoms with Gasteiger partial charge < -0.3 is 9.80 Å². The number of carbonyl (C=O) groups is 1. The highest BCUT2D eigenvalue weighted by atomic mass is 16.2. The second kappa shape index (κ2) is 7.91. The van der Waals surface area contributed by atoms with E-state index in [0.29, 0.717) is 24.3 Å². The molecule has 1 aliphatic heterocycles. The quantitative estimate of drug-likeness (QED) is 0.530. The minimum absolute atomic E-state index is 0.000578. The number of benzene rings is 2. The number of hydrogen-bond donors (Lipinski definition) is 0. The molecule has 0 radical (unpaired) electrons. The van der Waals surface area contributed by atoms with Gasteiger partial charge in [-0.2, -0.15) is 0 Å². The van der Waals surface area contributed by atoms with Crippen LogP contribution in [-0.4, -0.2) is 52.2 Å². The molecular formula is C24H21N5O. The zero-order valence-corrected chi connectivity index (χ0v) is 16.5. The Kier molecular flexibility index (Phi) is 4.81. The molecule has 148 valence electrons. The number of amides is 1. The van der Waals surface area contributed by atoms with Crippen molar-refractivity contribution in [2.75, 3.05) is 31.1 Å². The van der Waals surface area contributed by atoms with Gasteiger partial charge in [0, 0.05) is 43.3 Å². The second-order valence-corrected chi connectivity index (χ2v) is 7.27. The molecule has 2 aromatic heterocycles. The van der Waals surface area contributed by atoms with Crippen molar-refractivity contribution in [2.24, 2.45) is 0 Å². The highest BCUT2D eigenvalue weighted by Gasteiger charge is 2.27. The molecule has 1 amide bonds. The topological polar surface area (TPSA) is 62.2 Å². The summed E-state index contributed by atoms with van der Waals surface area (Å²) in [5, 5.41) is 9.63. The Bertz CT molecular complexity index is 1170. The summed E-state index contributed by atoms with van der Waals surface area (Å²) in [6.45, 7) is 2.78. The van der Waals surface area contributed by atoms with Crippen LogP contribution < -0.4 is 4.90 Å². The van der Waals surface area contributed by atoms with Gasteiger partial charge in [0.2, 0.25) is 0 Å². The maximum atomic E-state index is 13.7. The van der Waals surface area contributed by atoms with E-state index >= 15 is 0 Å². The number of nitrogens with zero attached hydrogens (tertiary/aromatic N) is 5. The first-order valence-corrected chi connectivity index (χ1v) is 10.1. The zero-order chi connectivity index (χ0) is 20.3. The molecule has 0 atom stereocenters. The highest BCUT2D eigenvalue weighted by molar-refractivity contribution is 6.10. The van der Waals surface area contributed by atoms with Crippen LogP contribution in [0.2, 0.25) is 0 Å². The molecule has 2 aromatic carbocycles. The summed E-state index contributed by atoms with van der Waals surface area (Å²) in [6, 6.07) is 23.4. The van der Waals surface area contributed by atoms with Crippen molar-refractivity contribution >= 4 is 22.6 Å². The van der Waals surface area contributed by atoms with Gasteiger partial charge >= 0.3 is 0 Å². The van der Waals surface area contributed by atoms with Crippen molar-refractivity contribution in [1.82, 2.24) is 20.1 Å². The van der Waals surface area contributed by atoms with E-state index in [1.165, 1.54) is 0 Å². The normalized spacial score (nSPS) is 14.1. The third kappa shape index (κ3) is 3.37. The first kappa shape index (κ1) is 18.2. The molecule has 3 heterocycles. The van der Waals surface area contributed by atoms with E-state index in [1.807, 2.05) is 77.7 Å². The van der Waals surface area contributed by atoms with Crippen LogP contribution in [0.3, 0.4) is 0 Å². The average Bonchev–Trinajstić information content (AvgIpc) is 2.84. The fourth-order valence-corrected chi connectivity index (χ4v) is 3.91. The van der Waals surface area contributed by atoms with Crippen molar-refractivity contribution in [3.05, 3.63) is 84.6 Å². The molecule has 30 heavy (non-hydrogen) atoms. The summed E-state index contributed by atoms with van der Waals surface area (Å²) in [7, 11) is 0. The summed E-state index contributed by atoms with van der Waals surface area (Å²) in [5.41, 5.74) is 2.88. The number of carbonyl (C=O) groups excluding carboxylic acids is 1. The van der Waals surface area contributed by atoms with Gasteiger partial charge in [-0.25, -0.2) is 4.98 Å². The Morgan fingerprint density at radius 3 is 2.27 bits per heavy atom. The Hall–Kier alpha value is -3.80. The number of fused-ring (bicyclic) bond motifs is 1. The molecule has 4 aromatic rings. The third-order valence-corrected chi connectivity index (χ3v) is 5.47. The van der Waals surface area contributed by atoms with Gasteiger partial charge in [-0.15, -0.1) is 10.2 Å². The molecule has 5 rings (SSSR count). The minimum atomic E-state index is 0.000578. The van der Waals surface area contributed by atoms with Gasteiger partial charge in [0.1, 0.15) is 11.5 Å². The van der Waals surface area contributed by atoms with Crippen LogP contribution in [-0.2, 0) is 0 Å². The molecule has 6 nitrogen and oxygen atoms in total. The van der Waals surface area contributed by atoms with Crippen LogP contribution in [0, 0.1) is 0 Å². The Morgan fingerprint density at radius 2 is 1.50 bits per heavy atom. The van der Waals surface area contributed by atoms with Crippen LogP contribution in [0.15, 0.2) is 79.0 Å². The number of anilines is 1. The molecule has 6 heteroatoms. The lowest BCUT2D eigenvalue weighted by atomic mass is 10.0. The summed E-state index contributed by atoms with van der Waals surface area (Å²) in [5.74, 6) is 0.950. The van der Waals surface area contributed by atoms with Gasteiger partial charge in [-0.05, 0) is 18.2 Å². The lowest BCUT2D eigenvalue weighted by Crippen LogP contribution is -2.49. The van der Waals surface area contributed by atoms with Crippen molar-refractivity contribution in [3.63, 3.8) is 0 Å². The second-order valence-electron chi connectivity index (χ2n) is 7.27. The average molecular weight is 395 g/mol. The predicted molar refractivity (Wildman–Crippen MR) is 117 cm³/mol. The molecule has 0 aliphatic carbocycles. The van der Waals surface area contributed by atoms with Crippen molar-refractivity contribution in [1.29, 1.82) is 0 Å². The molecule has 1 aliphatic rings. The van der Waals surface area contributed by atoms with E-state index in [4.69, 9.17) is 0 Å². The van der Waals surface area contributed by atoms with Crippen LogP contribution in [0.5, 0.6) is 0 Å². The fourth-order valence-electron chi connectivity index (χ4n) is 3.91. The molecule has 0 saturated carbocycles. The Labute approximate surface area is 174 Å². The van der Waals surface area contributed by atoms with Crippen LogP contribution in [0.4, 0.5) is 5.82 Å². The largest absolute Gasteiger partial charge is 0.353 e. The van der Waals surface area contributed by atoms with E-state index < -0.39 is 0 Å². The monoisotopic (exact) mass is 395 g/mol. The van der Waals surface area contributed by atoms with E-state index in [1.54, 1.807) is 6.20 Å². The van der Waals surface area contributed by atoms with Gasteiger partial charge in [-0.1, -0.05) is 54.6 Å². The molecule has 1 fully saturated rings. The van der Waals surface area contributed by atoms with E-state index in [0.717, 1.165) is 35.4 Å². The van der Waals surface area contributed by atoms with Gasteiger partial charge in [0.05, 0.1) is 11.1 Å². The number of rotatable bonds is 3. The number of hydrogen-bond acceptors (Lipinski definition) is 5. The lowest BCUT2D eigenvalue weighted by Gasteiger charge is -2.35. The minimum Gasteiger partial charge on any atom is -0.353 e. The zero-order valence-electron chi connectivity index (χ0n) is 16.5. The van der Waals surface area contributed by atoms with Crippen molar-refractivity contribution < 1.29 is 4.79 Å². The summed E-state index contributed by atoms with van der Waals surface area (Å²) < 4.78 is 0. The number of pyridine rings is 1. The molecular weight excluding hydrogens is 374 g/mol. The lowest BCUT2D eigenvalue weighted by molar-refractivity contribution is 0.0749. The standard InChI is InChI=1S/C24H21N5O/c30-24(29-16-14-28(15-17-29)21-12-6-7-13-25-21)22-19-10-4-5-11-20(19)26-27-23(22)18-8-2-1-3-9-18/h1-13H,14-17H2. The van der Waals surface area contributed by atoms with E-state index in [-0.39, 0.29) is 5.91 Å². The SMILES string of the molecule is O=C(c1c(-c2ccccc2)nnc2ccccc12)N1CCN(c2ccccn2)CC1. The maximum absolute atomic E-state index is 13.7. The van der Waals surface area contributed by atoms with Crippen LogP contribution in [0.25, 0.3) is 22.2 Å². The van der Waals surface area contributed by atoms with E-state index in [2.05, 4.69) is 20.1 Å². The van der Waals surface area contributed by atoms with E-state index in [9.17, 15) is 4.79 Å². The van der Waals surface area contributed by atoms with Gasteiger partial charge in [-0.3, -0.25) is 4.79 Å². The summed E-state index contributed by atoms with van der Waals surface area (Å²) in [4.78, 5) is 22.2. The predicted octanol–water partition coefficient (Wildman–Crippen LogP) is 3.65. The first-order valence-electron chi connectivity index (χ1n) is 10.1. The maximum Gasteiger partial charge on any atom is 0.256 e. The van der Waals surface area contributed by atoms with Crippen LogP contribution in [0.1, 0.15) is 10.4 Å². The smallest absolute Gasteiger partial charge is 0.256 e. The Morgan fingerprint density at radius 1 is 0.767 bits per heavy atom.